The molecule has 0 saturated carbocycles. The molecule has 0 aliphatic heterocycles. The molecular formula is C12H16BrNO4S. The summed E-state index contributed by atoms with van der Waals surface area (Å²) in [7, 11) is -3.47. The molecule has 1 rings (SSSR count). The van der Waals surface area contributed by atoms with E-state index in [1.165, 1.54) is 18.2 Å². The summed E-state index contributed by atoms with van der Waals surface area (Å²) in [5, 5.41) is 8.88. The number of rotatable bonds is 6. The van der Waals surface area contributed by atoms with Crippen LogP contribution in [0.1, 0.15) is 30.6 Å². The van der Waals surface area contributed by atoms with Gasteiger partial charge in [0.1, 0.15) is 0 Å². The van der Waals surface area contributed by atoms with E-state index in [2.05, 4.69) is 20.7 Å². The normalized spacial score (nSPS) is 11.6. The highest BCUT2D eigenvalue weighted by Crippen LogP contribution is 2.25. The van der Waals surface area contributed by atoms with Crippen LogP contribution in [-0.4, -0.2) is 25.2 Å². The van der Waals surface area contributed by atoms with Crippen LogP contribution in [0.3, 0.4) is 0 Å². The summed E-state index contributed by atoms with van der Waals surface area (Å²) in [6.45, 7) is 3.88. The quantitative estimate of drug-likeness (QED) is 0.826. The molecule has 19 heavy (non-hydrogen) atoms. The number of hydrogen-bond acceptors (Lipinski definition) is 3. The summed E-state index contributed by atoms with van der Waals surface area (Å²) < 4.78 is 26.6. The molecule has 7 heteroatoms. The summed E-state index contributed by atoms with van der Waals surface area (Å²) in [4.78, 5) is 10.9. The smallest absolute Gasteiger partial charge is 0.335 e. The highest BCUT2D eigenvalue weighted by atomic mass is 79.9. The van der Waals surface area contributed by atoms with E-state index in [0.717, 1.165) is 0 Å². The van der Waals surface area contributed by atoms with Crippen molar-refractivity contribution in [2.45, 2.75) is 20.3 Å². The van der Waals surface area contributed by atoms with Crippen LogP contribution in [0, 0.1) is 5.92 Å². The third-order valence-corrected chi connectivity index (χ3v) is 4.44. The summed E-state index contributed by atoms with van der Waals surface area (Å²) >= 11 is 3.19. The Morgan fingerprint density at radius 1 is 1.42 bits per heavy atom. The van der Waals surface area contributed by atoms with E-state index < -0.39 is 16.0 Å². The number of carboxylic acids is 1. The Balaban J connectivity index is 2.92. The van der Waals surface area contributed by atoms with Gasteiger partial charge in [-0.05, 0) is 46.5 Å². The maximum absolute atomic E-state index is 11.9. The maximum Gasteiger partial charge on any atom is 0.335 e. The van der Waals surface area contributed by atoms with Crippen molar-refractivity contribution in [2.24, 2.45) is 5.92 Å². The van der Waals surface area contributed by atoms with Gasteiger partial charge in [-0.25, -0.2) is 13.2 Å². The number of carbonyl (C=O) groups is 1. The number of benzene rings is 1. The first kappa shape index (κ1) is 16.0. The molecule has 0 aromatic heterocycles. The van der Waals surface area contributed by atoms with Gasteiger partial charge in [0.15, 0.2) is 0 Å². The van der Waals surface area contributed by atoms with Crippen molar-refractivity contribution in [2.75, 3.05) is 10.5 Å². The first-order chi connectivity index (χ1) is 8.71. The van der Waals surface area contributed by atoms with Gasteiger partial charge >= 0.3 is 5.97 Å². The van der Waals surface area contributed by atoms with Crippen molar-refractivity contribution in [1.82, 2.24) is 0 Å². The van der Waals surface area contributed by atoms with Crippen molar-refractivity contribution in [1.29, 1.82) is 0 Å². The van der Waals surface area contributed by atoms with Crippen molar-refractivity contribution in [3.8, 4) is 0 Å². The number of halogens is 1. The highest BCUT2D eigenvalue weighted by molar-refractivity contribution is 9.10. The van der Waals surface area contributed by atoms with Crippen molar-refractivity contribution in [3.63, 3.8) is 0 Å². The Bertz CT molecular complexity index is 569. The van der Waals surface area contributed by atoms with Gasteiger partial charge in [-0.2, -0.15) is 0 Å². The number of nitrogens with one attached hydrogen (secondary N) is 1. The Kier molecular flexibility index (Phi) is 5.37. The topological polar surface area (TPSA) is 83.5 Å². The molecular weight excluding hydrogens is 334 g/mol. The molecule has 1 aromatic carbocycles. The lowest BCUT2D eigenvalue weighted by molar-refractivity contribution is 0.0697. The fourth-order valence-corrected chi connectivity index (χ4v) is 3.21. The number of carboxylic acid groups (broad SMARTS) is 1. The van der Waals surface area contributed by atoms with Crippen molar-refractivity contribution >= 4 is 37.6 Å². The molecule has 2 N–H and O–H groups in total. The minimum Gasteiger partial charge on any atom is -0.478 e. The minimum atomic E-state index is -3.47. The minimum absolute atomic E-state index is 0.00834. The second kappa shape index (κ2) is 6.38. The van der Waals surface area contributed by atoms with Gasteiger partial charge in [0.05, 0.1) is 17.0 Å². The van der Waals surface area contributed by atoms with Crippen LogP contribution < -0.4 is 4.72 Å². The van der Waals surface area contributed by atoms with Gasteiger partial charge in [-0.1, -0.05) is 13.8 Å². The fraction of sp³-hybridized carbons (Fsp3) is 0.417. The van der Waals surface area contributed by atoms with Gasteiger partial charge in [0.2, 0.25) is 10.0 Å². The van der Waals surface area contributed by atoms with E-state index in [0.29, 0.717) is 10.9 Å². The average Bonchev–Trinajstić information content (AvgIpc) is 2.29. The molecule has 0 spiro atoms. The monoisotopic (exact) mass is 349 g/mol. The van der Waals surface area contributed by atoms with E-state index in [1.54, 1.807) is 0 Å². The zero-order valence-electron chi connectivity index (χ0n) is 10.7. The molecule has 106 valence electrons. The summed E-state index contributed by atoms with van der Waals surface area (Å²) in [6, 6.07) is 4.20. The number of hydrogen-bond donors (Lipinski definition) is 2. The average molecular weight is 350 g/mol. The predicted octanol–water partition coefficient (Wildman–Crippen LogP) is 2.94. The van der Waals surface area contributed by atoms with E-state index in [9.17, 15) is 13.2 Å². The number of sulfonamides is 1. The Morgan fingerprint density at radius 3 is 2.58 bits per heavy atom. The van der Waals surface area contributed by atoms with Gasteiger partial charge in [-0.3, -0.25) is 4.72 Å². The van der Waals surface area contributed by atoms with Crippen LogP contribution in [0.5, 0.6) is 0 Å². The first-order valence-corrected chi connectivity index (χ1v) is 8.19. The lowest BCUT2D eigenvalue weighted by Crippen LogP contribution is -2.18. The molecule has 0 amide bonds. The van der Waals surface area contributed by atoms with E-state index >= 15 is 0 Å². The highest BCUT2D eigenvalue weighted by Gasteiger charge is 2.14. The van der Waals surface area contributed by atoms with Gasteiger partial charge in [-0.15, -0.1) is 0 Å². The summed E-state index contributed by atoms with van der Waals surface area (Å²) in [5.41, 5.74) is 0.272. The van der Waals surface area contributed by atoms with Crippen LogP contribution in [0.25, 0.3) is 0 Å². The van der Waals surface area contributed by atoms with Gasteiger partial charge < -0.3 is 5.11 Å². The number of anilines is 1. The maximum atomic E-state index is 11.9. The first-order valence-electron chi connectivity index (χ1n) is 5.74. The molecule has 5 nitrogen and oxygen atoms in total. The Labute approximate surface area is 121 Å². The van der Waals surface area contributed by atoms with Crippen LogP contribution in [0.2, 0.25) is 0 Å². The van der Waals surface area contributed by atoms with Crippen molar-refractivity contribution < 1.29 is 18.3 Å². The van der Waals surface area contributed by atoms with E-state index in [4.69, 9.17) is 5.11 Å². The molecule has 0 aliphatic carbocycles. The van der Waals surface area contributed by atoms with Crippen molar-refractivity contribution in [3.05, 3.63) is 28.2 Å². The van der Waals surface area contributed by atoms with E-state index in [-0.39, 0.29) is 22.9 Å². The molecule has 0 bridgehead atoms. The second-order valence-electron chi connectivity index (χ2n) is 4.60. The largest absolute Gasteiger partial charge is 0.478 e. The third-order valence-electron chi connectivity index (χ3n) is 2.44. The van der Waals surface area contributed by atoms with Crippen LogP contribution in [0.15, 0.2) is 22.7 Å². The second-order valence-corrected chi connectivity index (χ2v) is 7.30. The van der Waals surface area contributed by atoms with E-state index in [1.807, 2.05) is 13.8 Å². The SMILES string of the molecule is CC(C)CCS(=O)(=O)Nc1cc(C(=O)O)ccc1Br. The molecule has 0 aliphatic rings. The predicted molar refractivity (Wildman–Crippen MR) is 78.0 cm³/mol. The standard InChI is InChI=1S/C12H16BrNO4S/c1-8(2)5-6-19(17,18)14-11-7-9(12(15)16)3-4-10(11)13/h3-4,7-8,14H,5-6H2,1-2H3,(H,15,16). The molecule has 0 radical (unpaired) electrons. The Hall–Kier alpha value is -1.08. The third kappa shape index (κ3) is 5.20. The molecule has 0 saturated heterocycles. The number of aromatic carboxylic acids is 1. The summed E-state index contributed by atoms with van der Waals surface area (Å²) in [6.07, 6.45) is 0.547. The molecule has 0 fully saturated rings. The zero-order chi connectivity index (χ0) is 14.6. The lowest BCUT2D eigenvalue weighted by Gasteiger charge is -2.11. The molecule has 0 heterocycles. The fourth-order valence-electron chi connectivity index (χ4n) is 1.35. The molecule has 0 unspecified atom stereocenters. The molecule has 1 aromatic rings. The zero-order valence-corrected chi connectivity index (χ0v) is 13.1. The Morgan fingerprint density at radius 2 is 2.05 bits per heavy atom. The summed E-state index contributed by atoms with van der Waals surface area (Å²) in [5.74, 6) is -0.811. The molecule has 0 atom stereocenters. The van der Waals surface area contributed by atoms with Crippen LogP contribution in [-0.2, 0) is 10.0 Å². The van der Waals surface area contributed by atoms with Crippen LogP contribution >= 0.6 is 15.9 Å². The van der Waals surface area contributed by atoms with Gasteiger partial charge in [0.25, 0.3) is 0 Å². The van der Waals surface area contributed by atoms with Crippen LogP contribution in [0.4, 0.5) is 5.69 Å². The lowest BCUT2D eigenvalue weighted by atomic mass is 10.2. The van der Waals surface area contributed by atoms with Gasteiger partial charge in [0, 0.05) is 4.47 Å².